The third-order valence-electron chi connectivity index (χ3n) is 2.04. The molecule has 3 rings (SSSR count). The van der Waals surface area contributed by atoms with E-state index >= 15 is 0 Å². The topological polar surface area (TPSA) is 28.1 Å². The van der Waals surface area contributed by atoms with Crippen molar-refractivity contribution in [1.29, 1.82) is 0 Å². The van der Waals surface area contributed by atoms with E-state index in [1.165, 1.54) is 12.8 Å². The van der Waals surface area contributed by atoms with Crippen molar-refractivity contribution in [2.45, 2.75) is 24.9 Å². The molecule has 0 aromatic heterocycles. The van der Waals surface area contributed by atoms with Gasteiger partial charge in [-0.15, -0.1) is 5.06 Å². The molecule has 3 aliphatic rings. The Bertz CT molecular complexity index is 127. The van der Waals surface area contributed by atoms with Gasteiger partial charge in [0.05, 0.1) is 0 Å². The van der Waals surface area contributed by atoms with Gasteiger partial charge in [0.15, 0.2) is 0 Å². The van der Waals surface area contributed by atoms with E-state index in [1.54, 1.807) is 0 Å². The van der Waals surface area contributed by atoms with E-state index in [4.69, 9.17) is 9.57 Å². The van der Waals surface area contributed by atoms with Crippen LogP contribution in [0.2, 0.25) is 0 Å². The molecule has 3 unspecified atom stereocenters. The predicted molar refractivity (Wildman–Crippen MR) is 24.6 cm³/mol. The average Bonchev–Trinajstić information content (AvgIpc) is 2.45. The molecule has 0 aromatic carbocycles. The molecule has 3 aliphatic heterocycles. The van der Waals surface area contributed by atoms with Crippen LogP contribution in [-0.2, 0) is 9.57 Å². The predicted octanol–water partition coefficient (Wildman–Crippen LogP) is 0.0800. The monoisotopic (exact) mass is 113 g/mol. The summed E-state index contributed by atoms with van der Waals surface area (Å²) in [6, 6.07) is 0. The second-order valence-electron chi connectivity index (χ2n) is 2.57. The van der Waals surface area contributed by atoms with Crippen LogP contribution in [0.5, 0.6) is 0 Å². The molecule has 3 heterocycles. The largest absolute Gasteiger partial charge is 0.322 e. The number of ether oxygens (including phenoxy) is 1. The maximum atomic E-state index is 5.24. The zero-order valence-corrected chi connectivity index (χ0v) is 4.46. The molecule has 3 fully saturated rings. The summed E-state index contributed by atoms with van der Waals surface area (Å²) >= 11 is 0. The van der Waals surface area contributed by atoms with Gasteiger partial charge >= 0.3 is 0 Å². The Labute approximate surface area is 47.1 Å². The lowest BCUT2D eigenvalue weighted by Gasteiger charge is -1.97. The van der Waals surface area contributed by atoms with Gasteiger partial charge in [-0.05, 0) is 12.8 Å². The maximum Gasteiger partial charge on any atom is 0.297 e. The Hall–Kier alpha value is -0.120. The summed E-state index contributed by atoms with van der Waals surface area (Å²) < 4.78 is 5.24. The lowest BCUT2D eigenvalue weighted by atomic mass is 10.2. The number of rotatable bonds is 0. The summed E-state index contributed by atoms with van der Waals surface area (Å²) in [6.45, 7) is 1.07. The number of hydrogen-bond acceptors (Lipinski definition) is 3. The minimum atomic E-state index is -0.155. The molecule has 3 atom stereocenters. The minimum absolute atomic E-state index is 0.155. The van der Waals surface area contributed by atoms with E-state index in [-0.39, 0.29) is 5.91 Å². The van der Waals surface area contributed by atoms with Crippen LogP contribution < -0.4 is 0 Å². The normalized spacial score (nSPS) is 66.0. The van der Waals surface area contributed by atoms with Gasteiger partial charge in [0.1, 0.15) is 6.10 Å². The van der Waals surface area contributed by atoms with Crippen molar-refractivity contribution in [2.24, 2.45) is 0 Å². The number of hydroxylamine groups is 2. The smallest absolute Gasteiger partial charge is 0.297 e. The van der Waals surface area contributed by atoms with Crippen LogP contribution in [0.15, 0.2) is 0 Å². The molecule has 8 heavy (non-hydrogen) atoms. The van der Waals surface area contributed by atoms with Crippen LogP contribution in [0.3, 0.4) is 0 Å². The lowest BCUT2D eigenvalue weighted by Crippen LogP contribution is -2.14. The standard InChI is InChI=1S/C5H7NO2/c1-2-4-5(7-4)6(3-1)8-5/h4H,1-3H2. The van der Waals surface area contributed by atoms with E-state index in [2.05, 4.69) is 0 Å². The first-order valence-electron chi connectivity index (χ1n) is 3.06. The van der Waals surface area contributed by atoms with Crippen LogP contribution >= 0.6 is 0 Å². The van der Waals surface area contributed by atoms with E-state index in [1.807, 2.05) is 5.06 Å². The molecule has 0 aliphatic carbocycles. The van der Waals surface area contributed by atoms with Gasteiger partial charge in [0.25, 0.3) is 5.91 Å². The van der Waals surface area contributed by atoms with Gasteiger partial charge in [-0.25, -0.2) is 4.84 Å². The molecule has 44 valence electrons. The quantitative estimate of drug-likeness (QED) is 0.416. The fraction of sp³-hybridized carbons (Fsp3) is 1.00. The highest BCUT2D eigenvalue weighted by Crippen LogP contribution is 2.57. The lowest BCUT2D eigenvalue weighted by molar-refractivity contribution is 0.183. The Morgan fingerprint density at radius 3 is 3.38 bits per heavy atom. The van der Waals surface area contributed by atoms with Crippen LogP contribution in [0, 0.1) is 0 Å². The number of piperidine rings is 1. The highest BCUT2D eigenvalue weighted by atomic mass is 17.0. The Kier molecular flexibility index (Phi) is 0.399. The summed E-state index contributed by atoms with van der Waals surface area (Å²) in [5.74, 6) is -0.155. The van der Waals surface area contributed by atoms with E-state index in [0.717, 1.165) is 6.54 Å². The van der Waals surface area contributed by atoms with Crippen molar-refractivity contribution in [1.82, 2.24) is 5.06 Å². The summed E-state index contributed by atoms with van der Waals surface area (Å²) in [5, 5.41) is 1.93. The van der Waals surface area contributed by atoms with Gasteiger partial charge in [0.2, 0.25) is 0 Å². The number of hydrogen-bond donors (Lipinski definition) is 0. The van der Waals surface area contributed by atoms with E-state index in [0.29, 0.717) is 6.10 Å². The number of epoxide rings is 1. The molecule has 0 N–H and O–H groups in total. The zero-order chi connectivity index (χ0) is 5.19. The first-order valence-corrected chi connectivity index (χ1v) is 3.06. The summed E-state index contributed by atoms with van der Waals surface area (Å²) in [5.41, 5.74) is 0. The van der Waals surface area contributed by atoms with Gasteiger partial charge < -0.3 is 4.74 Å². The molecular formula is C5H7NO2. The first-order chi connectivity index (χ1) is 3.92. The molecule has 0 amide bonds. The third-order valence-corrected chi connectivity index (χ3v) is 2.04. The summed E-state index contributed by atoms with van der Waals surface area (Å²) in [6.07, 6.45) is 2.85. The van der Waals surface area contributed by atoms with Crippen molar-refractivity contribution in [2.75, 3.05) is 6.54 Å². The molecule has 3 heteroatoms. The highest BCUT2D eigenvalue weighted by Gasteiger charge is 2.77. The first kappa shape index (κ1) is 3.82. The average molecular weight is 113 g/mol. The molecule has 3 nitrogen and oxygen atoms in total. The molecular weight excluding hydrogens is 106 g/mol. The van der Waals surface area contributed by atoms with Crippen molar-refractivity contribution in [3.05, 3.63) is 0 Å². The third kappa shape index (κ3) is 0.246. The Morgan fingerprint density at radius 1 is 1.62 bits per heavy atom. The van der Waals surface area contributed by atoms with E-state index < -0.39 is 0 Å². The van der Waals surface area contributed by atoms with Crippen molar-refractivity contribution >= 4 is 0 Å². The molecule has 3 saturated heterocycles. The van der Waals surface area contributed by atoms with Crippen molar-refractivity contribution in [3.8, 4) is 0 Å². The van der Waals surface area contributed by atoms with Crippen molar-refractivity contribution < 1.29 is 9.57 Å². The van der Waals surface area contributed by atoms with Gasteiger partial charge in [0, 0.05) is 6.54 Å². The van der Waals surface area contributed by atoms with Gasteiger partial charge in [-0.3, -0.25) is 0 Å². The molecule has 0 aromatic rings. The second kappa shape index (κ2) is 0.835. The fourth-order valence-electron chi connectivity index (χ4n) is 1.47. The minimum Gasteiger partial charge on any atom is -0.322 e. The zero-order valence-electron chi connectivity index (χ0n) is 4.46. The molecule has 0 bridgehead atoms. The van der Waals surface area contributed by atoms with Crippen molar-refractivity contribution in [3.63, 3.8) is 0 Å². The summed E-state index contributed by atoms with van der Waals surface area (Å²) in [7, 11) is 0. The van der Waals surface area contributed by atoms with Crippen LogP contribution in [0.1, 0.15) is 12.8 Å². The molecule has 0 saturated carbocycles. The molecule has 0 radical (unpaired) electrons. The van der Waals surface area contributed by atoms with Crippen LogP contribution in [0.25, 0.3) is 0 Å². The van der Waals surface area contributed by atoms with Gasteiger partial charge in [-0.2, -0.15) is 0 Å². The SMILES string of the molecule is C1CC2OC23ON3C1. The second-order valence-corrected chi connectivity index (χ2v) is 2.57. The Morgan fingerprint density at radius 2 is 2.62 bits per heavy atom. The van der Waals surface area contributed by atoms with Gasteiger partial charge in [-0.1, -0.05) is 0 Å². The molecule has 1 spiro atoms. The summed E-state index contributed by atoms with van der Waals surface area (Å²) in [4.78, 5) is 5.15. The van der Waals surface area contributed by atoms with Crippen LogP contribution in [0.4, 0.5) is 0 Å². The highest BCUT2D eigenvalue weighted by molar-refractivity contribution is 5.02. The fourth-order valence-corrected chi connectivity index (χ4v) is 1.47. The maximum absolute atomic E-state index is 5.24. The Balaban J connectivity index is 1.95. The number of nitrogens with zero attached hydrogens (tertiary/aromatic N) is 1. The van der Waals surface area contributed by atoms with E-state index in [9.17, 15) is 0 Å². The van der Waals surface area contributed by atoms with Crippen LogP contribution in [-0.4, -0.2) is 23.6 Å².